The second-order valence-electron chi connectivity index (χ2n) is 3.30. The van der Waals surface area contributed by atoms with Crippen LogP contribution in [-0.2, 0) is 17.8 Å². The van der Waals surface area contributed by atoms with Crippen LogP contribution in [0, 0.1) is 0 Å². The van der Waals surface area contributed by atoms with Crippen molar-refractivity contribution in [3.05, 3.63) is 48.0 Å². The smallest absolute Gasteiger partial charge is 0.183 e. The quantitative estimate of drug-likeness (QED) is 0.762. The first kappa shape index (κ1) is 14.8. The highest BCUT2D eigenvalue weighted by Crippen LogP contribution is 2.11. The van der Waals surface area contributed by atoms with E-state index >= 15 is 0 Å². The lowest BCUT2D eigenvalue weighted by molar-refractivity contribution is -0.122. The molecule has 0 aliphatic rings. The number of hydrogen-bond acceptors (Lipinski definition) is 3. The maximum Gasteiger partial charge on any atom is 0.183 e. The summed E-state index contributed by atoms with van der Waals surface area (Å²) in [6.45, 7) is 3.74. The van der Waals surface area contributed by atoms with Crippen molar-refractivity contribution < 1.29 is 9.90 Å². The summed E-state index contributed by atoms with van der Waals surface area (Å²) in [5, 5.41) is 9.53. The van der Waals surface area contributed by atoms with Gasteiger partial charge < -0.3 is 10.8 Å². The molecule has 1 rings (SSSR count). The minimum absolute atomic E-state index is 0. The van der Waals surface area contributed by atoms with Gasteiger partial charge in [0.2, 0.25) is 0 Å². The summed E-state index contributed by atoms with van der Waals surface area (Å²) in [6, 6.07) is 7.50. The van der Waals surface area contributed by atoms with E-state index < -0.39 is 6.10 Å². The normalized spacial score (nSPS) is 11.4. The Labute approximate surface area is 101 Å². The van der Waals surface area contributed by atoms with Crippen LogP contribution in [0.1, 0.15) is 11.1 Å². The Morgan fingerprint density at radius 1 is 1.44 bits per heavy atom. The van der Waals surface area contributed by atoms with E-state index in [1.54, 1.807) is 0 Å². The van der Waals surface area contributed by atoms with Crippen molar-refractivity contribution in [2.75, 3.05) is 0 Å². The average Bonchev–Trinajstić information content (AvgIpc) is 2.28. The molecule has 0 bridgehead atoms. The van der Waals surface area contributed by atoms with Crippen molar-refractivity contribution in [3.63, 3.8) is 0 Å². The molecule has 88 valence electrons. The van der Waals surface area contributed by atoms with Crippen LogP contribution >= 0.6 is 12.4 Å². The largest absolute Gasteiger partial charge is 0.385 e. The lowest BCUT2D eigenvalue weighted by Crippen LogP contribution is -2.21. The summed E-state index contributed by atoms with van der Waals surface area (Å²) in [5.74, 6) is -0.359. The van der Waals surface area contributed by atoms with Crippen LogP contribution in [0.3, 0.4) is 0 Å². The number of rotatable bonds is 5. The molecule has 1 unspecified atom stereocenters. The molecule has 1 aromatic carbocycles. The number of aliphatic hydroxyl groups is 1. The molecule has 3 N–H and O–H groups in total. The summed E-state index contributed by atoms with van der Waals surface area (Å²) in [6.07, 6.45) is 0.406. The molecule has 0 fully saturated rings. The Hall–Kier alpha value is -1.16. The summed E-state index contributed by atoms with van der Waals surface area (Å²) >= 11 is 0. The van der Waals surface area contributed by atoms with Gasteiger partial charge in [0.05, 0.1) is 0 Å². The summed E-state index contributed by atoms with van der Waals surface area (Å²) < 4.78 is 0. The number of halogens is 1. The molecule has 0 heterocycles. The maximum absolute atomic E-state index is 11.1. The highest BCUT2D eigenvalue weighted by Gasteiger charge is 2.13. The second kappa shape index (κ2) is 7.17. The van der Waals surface area contributed by atoms with Gasteiger partial charge in [-0.25, -0.2) is 0 Å². The predicted molar refractivity (Wildman–Crippen MR) is 66.5 cm³/mol. The van der Waals surface area contributed by atoms with Crippen LogP contribution < -0.4 is 5.73 Å². The molecule has 0 amide bonds. The van der Waals surface area contributed by atoms with Gasteiger partial charge in [-0.3, -0.25) is 4.79 Å². The monoisotopic (exact) mass is 241 g/mol. The van der Waals surface area contributed by atoms with Crippen molar-refractivity contribution in [1.29, 1.82) is 0 Å². The lowest BCUT2D eigenvalue weighted by atomic mass is 10.00. The average molecular weight is 242 g/mol. The second-order valence-corrected chi connectivity index (χ2v) is 3.30. The Kier molecular flexibility index (Phi) is 6.65. The van der Waals surface area contributed by atoms with Crippen molar-refractivity contribution in [3.8, 4) is 0 Å². The number of carbonyl (C=O) groups is 1. The van der Waals surface area contributed by atoms with Gasteiger partial charge in [0.15, 0.2) is 5.78 Å². The summed E-state index contributed by atoms with van der Waals surface area (Å²) in [4.78, 5) is 11.1. The maximum atomic E-state index is 11.1. The van der Waals surface area contributed by atoms with Crippen molar-refractivity contribution in [2.45, 2.75) is 19.1 Å². The topological polar surface area (TPSA) is 63.3 Å². The molecule has 1 aromatic rings. The fourth-order valence-electron chi connectivity index (χ4n) is 1.40. The summed E-state index contributed by atoms with van der Waals surface area (Å²) in [5.41, 5.74) is 7.41. The van der Waals surface area contributed by atoms with Crippen molar-refractivity contribution in [1.82, 2.24) is 0 Å². The van der Waals surface area contributed by atoms with E-state index in [0.29, 0.717) is 6.54 Å². The molecule has 1 atom stereocenters. The SMILES string of the molecule is C=CC(=O)C(O)Cc1ccccc1CN.Cl. The van der Waals surface area contributed by atoms with E-state index in [4.69, 9.17) is 5.73 Å². The number of carbonyl (C=O) groups excluding carboxylic acids is 1. The van der Waals surface area contributed by atoms with Crippen LogP contribution in [0.4, 0.5) is 0 Å². The van der Waals surface area contributed by atoms with Gasteiger partial charge in [0.1, 0.15) is 6.10 Å². The molecule has 0 aliphatic carbocycles. The van der Waals surface area contributed by atoms with Gasteiger partial charge >= 0.3 is 0 Å². The zero-order valence-electron chi connectivity index (χ0n) is 8.93. The van der Waals surface area contributed by atoms with Crippen molar-refractivity contribution in [2.24, 2.45) is 5.73 Å². The van der Waals surface area contributed by atoms with Gasteiger partial charge in [-0.15, -0.1) is 12.4 Å². The molecule has 0 radical (unpaired) electrons. The van der Waals surface area contributed by atoms with E-state index in [9.17, 15) is 9.90 Å². The summed E-state index contributed by atoms with van der Waals surface area (Å²) in [7, 11) is 0. The number of nitrogens with two attached hydrogens (primary N) is 1. The van der Waals surface area contributed by atoms with Gasteiger partial charge in [-0.2, -0.15) is 0 Å². The first-order chi connectivity index (χ1) is 7.19. The number of aliphatic hydroxyl groups excluding tert-OH is 1. The predicted octanol–water partition coefficient (Wildman–Crippen LogP) is 1.23. The third-order valence-electron chi connectivity index (χ3n) is 2.28. The van der Waals surface area contributed by atoms with Gasteiger partial charge in [-0.05, 0) is 17.2 Å². The highest BCUT2D eigenvalue weighted by molar-refractivity contribution is 5.93. The van der Waals surface area contributed by atoms with Gasteiger partial charge in [-0.1, -0.05) is 30.8 Å². The number of benzene rings is 1. The van der Waals surface area contributed by atoms with Crippen LogP contribution in [0.5, 0.6) is 0 Å². The lowest BCUT2D eigenvalue weighted by Gasteiger charge is -2.10. The van der Waals surface area contributed by atoms with E-state index in [1.165, 1.54) is 0 Å². The molecule has 4 heteroatoms. The molecule has 0 saturated heterocycles. The van der Waals surface area contributed by atoms with Crippen LogP contribution in [0.2, 0.25) is 0 Å². The Morgan fingerprint density at radius 3 is 2.50 bits per heavy atom. The first-order valence-corrected chi connectivity index (χ1v) is 4.80. The number of hydrogen-bond donors (Lipinski definition) is 2. The minimum Gasteiger partial charge on any atom is -0.385 e. The molecule has 0 aliphatic heterocycles. The van der Waals surface area contributed by atoms with E-state index in [0.717, 1.165) is 17.2 Å². The zero-order valence-corrected chi connectivity index (χ0v) is 9.74. The first-order valence-electron chi connectivity index (χ1n) is 4.80. The van der Waals surface area contributed by atoms with E-state index in [-0.39, 0.29) is 24.6 Å². The third-order valence-corrected chi connectivity index (χ3v) is 2.28. The van der Waals surface area contributed by atoms with Crippen LogP contribution in [-0.4, -0.2) is 17.0 Å². The van der Waals surface area contributed by atoms with E-state index in [1.807, 2.05) is 24.3 Å². The Morgan fingerprint density at radius 2 is 2.00 bits per heavy atom. The molecule has 3 nitrogen and oxygen atoms in total. The Balaban J connectivity index is 0.00000225. The molecule has 16 heavy (non-hydrogen) atoms. The standard InChI is InChI=1S/C12H15NO2.ClH/c1-2-11(14)12(15)7-9-5-3-4-6-10(9)8-13;/h2-6,12,15H,1,7-8,13H2;1H. The van der Waals surface area contributed by atoms with Crippen LogP contribution in [0.15, 0.2) is 36.9 Å². The third kappa shape index (κ3) is 3.77. The number of ketones is 1. The molecule has 0 saturated carbocycles. The molecular weight excluding hydrogens is 226 g/mol. The molecule has 0 spiro atoms. The fourth-order valence-corrected chi connectivity index (χ4v) is 1.40. The zero-order chi connectivity index (χ0) is 11.3. The minimum atomic E-state index is -1.02. The van der Waals surface area contributed by atoms with Crippen molar-refractivity contribution >= 4 is 18.2 Å². The Bertz CT molecular complexity index is 366. The van der Waals surface area contributed by atoms with E-state index in [2.05, 4.69) is 6.58 Å². The fraction of sp³-hybridized carbons (Fsp3) is 0.250. The van der Waals surface area contributed by atoms with Gasteiger partial charge in [0, 0.05) is 13.0 Å². The molecular formula is C12H16ClNO2. The molecule has 0 aromatic heterocycles. The van der Waals surface area contributed by atoms with Crippen LogP contribution in [0.25, 0.3) is 0 Å². The van der Waals surface area contributed by atoms with Gasteiger partial charge in [0.25, 0.3) is 0 Å². The highest BCUT2D eigenvalue weighted by atomic mass is 35.5.